The molecule has 1 fully saturated rings. The number of urea groups is 1. The summed E-state index contributed by atoms with van der Waals surface area (Å²) in [5, 5.41) is 8.19. The second-order valence-corrected chi connectivity index (χ2v) is 8.27. The highest BCUT2D eigenvalue weighted by Gasteiger charge is 2.54. The molecule has 1 heterocycles. The van der Waals surface area contributed by atoms with Gasteiger partial charge in [-0.1, -0.05) is 48.6 Å². The van der Waals surface area contributed by atoms with E-state index in [0.29, 0.717) is 17.2 Å². The normalized spacial score (nSPS) is 27.4. The fourth-order valence-corrected chi connectivity index (χ4v) is 5.23. The Morgan fingerprint density at radius 3 is 2.53 bits per heavy atom. The first-order valence-electron chi connectivity index (χ1n) is 10.2. The molecule has 0 radical (unpaired) electrons. The molecule has 0 aromatic heterocycles. The summed E-state index contributed by atoms with van der Waals surface area (Å²) in [5.41, 5.74) is 3.33. The molecule has 3 atom stereocenters. The van der Waals surface area contributed by atoms with Gasteiger partial charge in [-0.3, -0.25) is 14.9 Å². The maximum absolute atomic E-state index is 12.9. The molecule has 30 heavy (non-hydrogen) atoms. The number of allylic oxidation sites excluding steroid dienone is 3. The number of imide groups is 1. The lowest BCUT2D eigenvalue weighted by Crippen LogP contribution is -2.43. The number of fused-ring (bicyclic) bond motifs is 6. The molecule has 2 aromatic carbocycles. The van der Waals surface area contributed by atoms with Crippen LogP contribution >= 0.6 is 0 Å². The molecule has 7 rings (SSSR count). The summed E-state index contributed by atoms with van der Waals surface area (Å²) in [7, 11) is 0. The highest BCUT2D eigenvalue weighted by Crippen LogP contribution is 2.49. The van der Waals surface area contributed by atoms with Gasteiger partial charge in [0.25, 0.3) is 11.8 Å². The second-order valence-electron chi connectivity index (χ2n) is 8.27. The van der Waals surface area contributed by atoms with Crippen molar-refractivity contribution in [1.82, 2.24) is 10.6 Å². The molecule has 6 heteroatoms. The number of rotatable bonds is 2. The molecule has 4 aliphatic carbocycles. The zero-order valence-electron chi connectivity index (χ0n) is 16.1. The van der Waals surface area contributed by atoms with Crippen molar-refractivity contribution in [3.05, 3.63) is 77.4 Å². The number of hydrogen-bond acceptors (Lipinski definition) is 3. The number of nitrogens with one attached hydrogen (secondary N) is 3. The van der Waals surface area contributed by atoms with E-state index in [1.165, 1.54) is 0 Å². The van der Waals surface area contributed by atoms with Crippen molar-refractivity contribution in [1.29, 1.82) is 0 Å². The molecule has 1 saturated heterocycles. The number of amides is 4. The van der Waals surface area contributed by atoms with E-state index in [1.54, 1.807) is 6.07 Å². The van der Waals surface area contributed by atoms with Crippen molar-refractivity contribution >= 4 is 23.5 Å². The minimum atomic E-state index is -1.27. The molecule has 3 unspecified atom stereocenters. The van der Waals surface area contributed by atoms with Crippen LogP contribution in [0.5, 0.6) is 0 Å². The topological polar surface area (TPSA) is 87.3 Å². The van der Waals surface area contributed by atoms with Crippen molar-refractivity contribution in [2.24, 2.45) is 11.8 Å². The van der Waals surface area contributed by atoms with Gasteiger partial charge in [0.15, 0.2) is 5.54 Å². The average Bonchev–Trinajstić information content (AvgIpc) is 3.23. The maximum Gasteiger partial charge on any atom is 0.322 e. The number of benzene rings is 2. The van der Waals surface area contributed by atoms with Gasteiger partial charge in [-0.05, 0) is 47.6 Å². The third-order valence-electron chi connectivity index (χ3n) is 6.63. The van der Waals surface area contributed by atoms with Crippen LogP contribution in [0.25, 0.3) is 11.1 Å². The van der Waals surface area contributed by atoms with Crippen molar-refractivity contribution in [3.8, 4) is 11.1 Å². The summed E-state index contributed by atoms with van der Waals surface area (Å²) in [6.07, 6.45) is 8.43. The Balaban J connectivity index is 1.40. The van der Waals surface area contributed by atoms with Gasteiger partial charge in [-0.25, -0.2) is 4.79 Å². The first kappa shape index (κ1) is 17.2. The molecule has 2 bridgehead atoms. The third kappa shape index (κ3) is 2.21. The maximum atomic E-state index is 12.9. The van der Waals surface area contributed by atoms with Crippen LogP contribution in [-0.2, 0) is 15.1 Å². The van der Waals surface area contributed by atoms with Gasteiger partial charge in [0.05, 0.1) is 0 Å². The molecule has 3 N–H and O–H groups in total. The zero-order chi connectivity index (χ0) is 20.5. The summed E-state index contributed by atoms with van der Waals surface area (Å²) in [6, 6.07) is 12.6. The summed E-state index contributed by atoms with van der Waals surface area (Å²) in [6.45, 7) is 0. The first-order chi connectivity index (χ1) is 14.6. The van der Waals surface area contributed by atoms with E-state index in [9.17, 15) is 14.4 Å². The molecular weight excluding hydrogens is 378 g/mol. The predicted molar refractivity (Wildman–Crippen MR) is 111 cm³/mol. The van der Waals surface area contributed by atoms with E-state index in [0.717, 1.165) is 35.1 Å². The van der Waals surface area contributed by atoms with Crippen LogP contribution in [0.15, 0.2) is 66.3 Å². The van der Waals surface area contributed by atoms with Crippen molar-refractivity contribution in [2.75, 3.05) is 5.32 Å². The predicted octanol–water partition coefficient (Wildman–Crippen LogP) is 3.21. The smallest absolute Gasteiger partial charge is 0.322 e. The molecule has 148 valence electrons. The lowest BCUT2D eigenvalue weighted by atomic mass is 9.76. The van der Waals surface area contributed by atoms with Gasteiger partial charge in [0, 0.05) is 22.7 Å². The van der Waals surface area contributed by atoms with Crippen LogP contribution < -0.4 is 16.0 Å². The summed E-state index contributed by atoms with van der Waals surface area (Å²) < 4.78 is 0. The van der Waals surface area contributed by atoms with Gasteiger partial charge in [0.1, 0.15) is 0 Å². The number of carbonyl (C=O) groups excluding carboxylic acids is 3. The van der Waals surface area contributed by atoms with Gasteiger partial charge in [0.2, 0.25) is 0 Å². The fraction of sp³-hybridized carbons (Fsp3) is 0.208. The van der Waals surface area contributed by atoms with Crippen molar-refractivity contribution in [3.63, 3.8) is 0 Å². The fourth-order valence-electron chi connectivity index (χ4n) is 5.23. The molecule has 0 saturated carbocycles. The number of anilines is 1. The molecular formula is C24H19N3O3. The molecule has 1 spiro atoms. The lowest BCUT2D eigenvalue weighted by Gasteiger charge is -2.29. The lowest BCUT2D eigenvalue weighted by molar-refractivity contribution is -0.122. The standard InChI is InChI=1S/C24H19N3O3/c28-21(18-11-13-5-7-14(18)8-6-13)25-15-9-10-17-16-3-1-2-4-19(16)24(20(17)12-15)22(29)26-23(30)27-24/h1-5,7,9-14H,6,8H2,(H,25,28)(H2,26,27,29,30). The molecule has 6 nitrogen and oxygen atoms in total. The van der Waals surface area contributed by atoms with E-state index in [4.69, 9.17) is 0 Å². The van der Waals surface area contributed by atoms with Crippen LogP contribution in [0.3, 0.4) is 0 Å². The Kier molecular flexibility index (Phi) is 3.40. The van der Waals surface area contributed by atoms with Crippen LogP contribution in [0.4, 0.5) is 10.5 Å². The monoisotopic (exact) mass is 397 g/mol. The Morgan fingerprint density at radius 2 is 1.83 bits per heavy atom. The van der Waals surface area contributed by atoms with Crippen LogP contribution in [-0.4, -0.2) is 17.8 Å². The quantitative estimate of drug-likeness (QED) is 0.537. The Bertz CT molecular complexity index is 1210. The SMILES string of the molecule is O=C1NC(=O)C2(N1)c1ccccc1-c1ccc(NC(=O)C3=CC4C=CC3CC4)cc12. The minimum Gasteiger partial charge on any atom is -0.322 e. The van der Waals surface area contributed by atoms with Gasteiger partial charge in [-0.2, -0.15) is 0 Å². The minimum absolute atomic E-state index is 0.113. The molecule has 2 aromatic rings. The summed E-state index contributed by atoms with van der Waals surface area (Å²) in [4.78, 5) is 37.9. The average molecular weight is 397 g/mol. The summed E-state index contributed by atoms with van der Waals surface area (Å²) in [5.74, 6) is -0.0102. The molecule has 4 amide bonds. The van der Waals surface area contributed by atoms with Gasteiger partial charge in [-0.15, -0.1) is 0 Å². The highest BCUT2D eigenvalue weighted by atomic mass is 16.2. The Morgan fingerprint density at radius 1 is 1.00 bits per heavy atom. The van der Waals surface area contributed by atoms with Crippen molar-refractivity contribution < 1.29 is 14.4 Å². The summed E-state index contributed by atoms with van der Waals surface area (Å²) >= 11 is 0. The Hall–Kier alpha value is -3.67. The Labute approximate surface area is 173 Å². The highest BCUT2D eigenvalue weighted by molar-refractivity contribution is 6.13. The zero-order valence-corrected chi connectivity index (χ0v) is 16.1. The first-order valence-corrected chi connectivity index (χ1v) is 10.2. The van der Waals surface area contributed by atoms with E-state index >= 15 is 0 Å². The third-order valence-corrected chi connectivity index (χ3v) is 6.63. The van der Waals surface area contributed by atoms with Gasteiger partial charge < -0.3 is 10.6 Å². The van der Waals surface area contributed by atoms with Crippen LogP contribution in [0.1, 0.15) is 24.0 Å². The van der Waals surface area contributed by atoms with Crippen LogP contribution in [0, 0.1) is 11.8 Å². The van der Waals surface area contributed by atoms with Crippen molar-refractivity contribution in [2.45, 2.75) is 18.4 Å². The van der Waals surface area contributed by atoms with Gasteiger partial charge >= 0.3 is 6.03 Å². The second kappa shape index (κ2) is 5.92. The van der Waals surface area contributed by atoms with E-state index in [-0.39, 0.29) is 11.8 Å². The molecule has 1 aliphatic heterocycles. The van der Waals surface area contributed by atoms with E-state index in [2.05, 4.69) is 34.2 Å². The number of carbonyl (C=O) groups is 3. The number of hydrogen-bond donors (Lipinski definition) is 3. The van der Waals surface area contributed by atoms with E-state index < -0.39 is 17.5 Å². The van der Waals surface area contributed by atoms with Crippen LogP contribution in [0.2, 0.25) is 0 Å². The largest absolute Gasteiger partial charge is 0.322 e. The molecule has 5 aliphatic rings. The van der Waals surface area contributed by atoms with E-state index in [1.807, 2.05) is 36.4 Å².